The van der Waals surface area contributed by atoms with E-state index in [0.717, 1.165) is 5.56 Å². The molecule has 1 aromatic carbocycles. The molecule has 0 aliphatic rings. The molecule has 0 aliphatic heterocycles. The lowest BCUT2D eigenvalue weighted by molar-refractivity contribution is -0.121. The summed E-state index contributed by atoms with van der Waals surface area (Å²) in [6.45, 7) is -2.05. The van der Waals surface area contributed by atoms with Gasteiger partial charge in [-0.05, 0) is 5.56 Å². The van der Waals surface area contributed by atoms with Crippen molar-refractivity contribution in [3.8, 4) is 0 Å². The molecule has 23 heavy (non-hydrogen) atoms. The van der Waals surface area contributed by atoms with E-state index in [1.165, 1.54) is 4.72 Å². The van der Waals surface area contributed by atoms with Crippen molar-refractivity contribution >= 4 is 16.3 Å². The summed E-state index contributed by atoms with van der Waals surface area (Å²) < 4.78 is 66.0. The van der Waals surface area contributed by atoms with Gasteiger partial charge in [-0.25, -0.2) is 9.52 Å². The Balaban J connectivity index is 2.17. The molecule has 1 aromatic rings. The second kappa shape index (κ2) is 8.70. The Morgan fingerprint density at radius 3 is 2.35 bits per heavy atom. The average Bonchev–Trinajstić information content (AvgIpc) is 2.48. The quantitative estimate of drug-likeness (QED) is 0.604. The zero-order valence-corrected chi connectivity index (χ0v) is 12.7. The third-order valence-electron chi connectivity index (χ3n) is 2.36. The van der Waals surface area contributed by atoms with Crippen molar-refractivity contribution in [3.05, 3.63) is 35.9 Å². The van der Waals surface area contributed by atoms with Gasteiger partial charge >= 0.3 is 12.3 Å². The monoisotopic (exact) mass is 355 g/mol. The number of alkyl halides is 3. The minimum Gasteiger partial charge on any atom is -0.445 e. The molecular formula is C12H16F3N3O4S. The second-order valence-corrected chi connectivity index (χ2v) is 5.91. The van der Waals surface area contributed by atoms with Crippen LogP contribution >= 0.6 is 0 Å². The predicted octanol–water partition coefficient (Wildman–Crippen LogP) is 0.899. The standard InChI is InChI=1S/C12H16F3N3O4S/c13-12(14,15)9-18-23(20,21)17-7-6-16-11(19)22-8-10-4-2-1-3-5-10/h1-5,17-18H,6-9H2,(H,16,19). The van der Waals surface area contributed by atoms with E-state index in [2.05, 4.69) is 5.32 Å². The zero-order chi connectivity index (χ0) is 17.3. The van der Waals surface area contributed by atoms with Crippen molar-refractivity contribution in [2.75, 3.05) is 19.6 Å². The molecule has 0 unspecified atom stereocenters. The van der Waals surface area contributed by atoms with E-state index in [1.54, 1.807) is 24.3 Å². The third kappa shape index (κ3) is 9.71. The van der Waals surface area contributed by atoms with E-state index >= 15 is 0 Å². The van der Waals surface area contributed by atoms with Crippen LogP contribution in [0.15, 0.2) is 30.3 Å². The molecule has 11 heteroatoms. The van der Waals surface area contributed by atoms with Gasteiger partial charge in [0.05, 0.1) is 0 Å². The summed E-state index contributed by atoms with van der Waals surface area (Å²) in [4.78, 5) is 11.3. The van der Waals surface area contributed by atoms with Crippen LogP contribution in [-0.2, 0) is 21.6 Å². The Kier molecular flexibility index (Phi) is 7.26. The first-order chi connectivity index (χ1) is 10.7. The Morgan fingerprint density at radius 1 is 1.09 bits per heavy atom. The molecule has 0 radical (unpaired) electrons. The molecule has 3 N–H and O–H groups in total. The summed E-state index contributed by atoms with van der Waals surface area (Å²) in [5, 5.41) is 2.26. The van der Waals surface area contributed by atoms with Crippen molar-refractivity contribution in [2.45, 2.75) is 12.8 Å². The number of hydrogen-bond acceptors (Lipinski definition) is 4. The smallest absolute Gasteiger partial charge is 0.407 e. The summed E-state index contributed by atoms with van der Waals surface area (Å²) in [5.74, 6) is 0. The zero-order valence-electron chi connectivity index (χ0n) is 11.9. The lowest BCUT2D eigenvalue weighted by atomic mass is 10.2. The number of carbonyl (C=O) groups is 1. The number of amides is 1. The Labute approximate surface area is 131 Å². The van der Waals surface area contributed by atoms with Crippen LogP contribution in [-0.4, -0.2) is 40.3 Å². The average molecular weight is 355 g/mol. The van der Waals surface area contributed by atoms with Crippen LogP contribution in [0.5, 0.6) is 0 Å². The maximum atomic E-state index is 11.9. The molecule has 7 nitrogen and oxygen atoms in total. The number of ether oxygens (including phenoxy) is 1. The molecule has 1 amide bonds. The summed E-state index contributed by atoms with van der Waals surface area (Å²) in [6.07, 6.45) is -5.41. The second-order valence-electron chi connectivity index (χ2n) is 4.32. The van der Waals surface area contributed by atoms with Gasteiger partial charge in [0.15, 0.2) is 0 Å². The normalized spacial score (nSPS) is 12.0. The van der Waals surface area contributed by atoms with E-state index in [-0.39, 0.29) is 19.7 Å². The fourth-order valence-corrected chi connectivity index (χ4v) is 2.18. The molecule has 130 valence electrons. The van der Waals surface area contributed by atoms with E-state index in [1.807, 2.05) is 10.8 Å². The lowest BCUT2D eigenvalue weighted by Crippen LogP contribution is -2.44. The molecule has 0 aromatic heterocycles. The fraction of sp³-hybridized carbons (Fsp3) is 0.417. The van der Waals surface area contributed by atoms with Crippen LogP contribution in [0.25, 0.3) is 0 Å². The van der Waals surface area contributed by atoms with Gasteiger partial charge in [-0.3, -0.25) is 0 Å². The molecule has 0 aliphatic carbocycles. The van der Waals surface area contributed by atoms with E-state index in [9.17, 15) is 26.4 Å². The van der Waals surface area contributed by atoms with Crippen molar-refractivity contribution in [1.29, 1.82) is 0 Å². The highest BCUT2D eigenvalue weighted by Crippen LogP contribution is 2.12. The van der Waals surface area contributed by atoms with E-state index < -0.39 is 29.0 Å². The van der Waals surface area contributed by atoms with Gasteiger partial charge in [-0.15, -0.1) is 0 Å². The van der Waals surface area contributed by atoms with Gasteiger partial charge in [0, 0.05) is 13.1 Å². The topological polar surface area (TPSA) is 96.5 Å². The van der Waals surface area contributed by atoms with Crippen molar-refractivity contribution in [1.82, 2.24) is 14.8 Å². The number of rotatable bonds is 8. The summed E-state index contributed by atoms with van der Waals surface area (Å²) in [7, 11) is -4.28. The molecule has 0 fully saturated rings. The molecule has 0 atom stereocenters. The van der Waals surface area contributed by atoms with Crippen LogP contribution in [0.1, 0.15) is 5.56 Å². The first-order valence-electron chi connectivity index (χ1n) is 6.43. The highest BCUT2D eigenvalue weighted by atomic mass is 32.2. The molecule has 0 bridgehead atoms. The Hall–Kier alpha value is -1.85. The van der Waals surface area contributed by atoms with Gasteiger partial charge in [-0.1, -0.05) is 30.3 Å². The number of alkyl carbamates (subject to hydrolysis) is 1. The van der Waals surface area contributed by atoms with Crippen LogP contribution in [0.2, 0.25) is 0 Å². The van der Waals surface area contributed by atoms with Gasteiger partial charge in [0.25, 0.3) is 10.2 Å². The minimum atomic E-state index is -4.64. The SMILES string of the molecule is O=C(NCCNS(=O)(=O)NCC(F)(F)F)OCc1ccccc1. The van der Waals surface area contributed by atoms with Crippen LogP contribution in [0, 0.1) is 0 Å². The van der Waals surface area contributed by atoms with Gasteiger partial charge in [0.2, 0.25) is 0 Å². The molecule has 0 saturated carbocycles. The Bertz CT molecular complexity index is 593. The number of hydrogen-bond donors (Lipinski definition) is 3. The van der Waals surface area contributed by atoms with Crippen LogP contribution in [0.4, 0.5) is 18.0 Å². The molecular weight excluding hydrogens is 339 g/mol. The van der Waals surface area contributed by atoms with Crippen LogP contribution in [0.3, 0.4) is 0 Å². The molecule has 0 spiro atoms. The van der Waals surface area contributed by atoms with Crippen molar-refractivity contribution in [2.24, 2.45) is 0 Å². The molecule has 0 saturated heterocycles. The van der Waals surface area contributed by atoms with Gasteiger partial charge < -0.3 is 10.1 Å². The minimum absolute atomic E-state index is 0.0472. The number of nitrogens with one attached hydrogen (secondary N) is 3. The maximum absolute atomic E-state index is 11.9. The highest BCUT2D eigenvalue weighted by Gasteiger charge is 2.29. The van der Waals surface area contributed by atoms with Crippen molar-refractivity contribution < 1.29 is 31.1 Å². The number of carbonyl (C=O) groups excluding carboxylic acids is 1. The first-order valence-corrected chi connectivity index (χ1v) is 7.92. The molecule has 1 rings (SSSR count). The third-order valence-corrected chi connectivity index (χ3v) is 3.47. The number of benzene rings is 1. The van der Waals surface area contributed by atoms with Gasteiger partial charge in [-0.2, -0.15) is 26.3 Å². The fourth-order valence-electron chi connectivity index (χ4n) is 1.35. The number of halogens is 3. The highest BCUT2D eigenvalue weighted by molar-refractivity contribution is 7.87. The van der Waals surface area contributed by atoms with E-state index in [4.69, 9.17) is 4.74 Å². The summed E-state index contributed by atoms with van der Waals surface area (Å²) >= 11 is 0. The lowest BCUT2D eigenvalue weighted by Gasteiger charge is -2.11. The van der Waals surface area contributed by atoms with Gasteiger partial charge in [0.1, 0.15) is 13.2 Å². The van der Waals surface area contributed by atoms with E-state index in [0.29, 0.717) is 0 Å². The largest absolute Gasteiger partial charge is 0.445 e. The summed E-state index contributed by atoms with van der Waals surface area (Å²) in [6, 6.07) is 8.88. The predicted molar refractivity (Wildman–Crippen MR) is 75.6 cm³/mol. The first kappa shape index (κ1) is 19.2. The van der Waals surface area contributed by atoms with Crippen molar-refractivity contribution in [3.63, 3.8) is 0 Å². The van der Waals surface area contributed by atoms with Crippen LogP contribution < -0.4 is 14.8 Å². The maximum Gasteiger partial charge on any atom is 0.407 e. The summed E-state index contributed by atoms with van der Waals surface area (Å²) in [5.41, 5.74) is 0.778. The molecule has 0 heterocycles. The Morgan fingerprint density at radius 2 is 1.74 bits per heavy atom.